The van der Waals surface area contributed by atoms with Gasteiger partial charge >= 0.3 is 0 Å². The van der Waals surface area contributed by atoms with Crippen LogP contribution >= 0.6 is 0 Å². The molecule has 1 amide bonds. The van der Waals surface area contributed by atoms with Crippen LogP contribution < -0.4 is 14.4 Å². The van der Waals surface area contributed by atoms with E-state index in [0.717, 1.165) is 36.6 Å². The maximum Gasteiger partial charge on any atom is 0.246 e. The molecule has 0 saturated carbocycles. The van der Waals surface area contributed by atoms with E-state index >= 15 is 0 Å². The summed E-state index contributed by atoms with van der Waals surface area (Å²) in [5.41, 5.74) is 3.37. The zero-order chi connectivity index (χ0) is 20.8. The maximum atomic E-state index is 12.7. The second-order valence-corrected chi connectivity index (χ2v) is 7.96. The summed E-state index contributed by atoms with van der Waals surface area (Å²) in [4.78, 5) is 16.9. The van der Waals surface area contributed by atoms with Crippen molar-refractivity contribution in [3.63, 3.8) is 0 Å². The van der Waals surface area contributed by atoms with Crippen LogP contribution in [0.4, 0.5) is 5.69 Å². The van der Waals surface area contributed by atoms with Gasteiger partial charge in [-0.05, 0) is 54.7 Å². The van der Waals surface area contributed by atoms with Crippen molar-refractivity contribution < 1.29 is 14.3 Å². The van der Waals surface area contributed by atoms with Crippen LogP contribution in [-0.4, -0.2) is 44.2 Å². The molecule has 2 aliphatic heterocycles. The number of amides is 1. The molecule has 0 atom stereocenters. The molecule has 0 spiro atoms. The summed E-state index contributed by atoms with van der Waals surface area (Å²) in [5, 5.41) is 0. The third-order valence-electron chi connectivity index (χ3n) is 5.66. The van der Waals surface area contributed by atoms with E-state index in [1.165, 1.54) is 30.5 Å². The molecule has 2 aromatic carbocycles. The molecule has 158 valence electrons. The topological polar surface area (TPSA) is 42.0 Å². The first-order chi connectivity index (χ1) is 14.7. The first kappa shape index (κ1) is 20.3. The number of fused-ring (bicyclic) bond motifs is 1. The zero-order valence-corrected chi connectivity index (χ0v) is 17.7. The summed E-state index contributed by atoms with van der Waals surface area (Å²) >= 11 is 0. The van der Waals surface area contributed by atoms with E-state index in [-0.39, 0.29) is 5.91 Å². The minimum atomic E-state index is -0.0180. The quantitative estimate of drug-likeness (QED) is 0.685. The molecule has 30 heavy (non-hydrogen) atoms. The molecule has 1 saturated heterocycles. The maximum absolute atomic E-state index is 12.7. The van der Waals surface area contributed by atoms with Crippen molar-refractivity contribution in [2.75, 3.05) is 38.3 Å². The van der Waals surface area contributed by atoms with Crippen LogP contribution in [0, 0.1) is 0 Å². The normalized spacial score (nSPS) is 16.4. The fourth-order valence-corrected chi connectivity index (χ4v) is 4.00. The molecule has 0 unspecified atom stereocenters. The third kappa shape index (κ3) is 4.96. The predicted octanol–water partition coefficient (Wildman–Crippen LogP) is 4.51. The van der Waals surface area contributed by atoms with Crippen LogP contribution in [0.3, 0.4) is 0 Å². The van der Waals surface area contributed by atoms with Gasteiger partial charge in [-0.2, -0.15) is 0 Å². The average Bonchev–Trinajstić information content (AvgIpc) is 3.03. The number of hydrogen-bond acceptors (Lipinski definition) is 4. The Morgan fingerprint density at radius 1 is 1.00 bits per heavy atom. The monoisotopic (exact) mass is 406 g/mol. The van der Waals surface area contributed by atoms with Crippen LogP contribution in [0.25, 0.3) is 6.08 Å². The first-order valence-electron chi connectivity index (χ1n) is 10.9. The number of benzene rings is 2. The van der Waals surface area contributed by atoms with Gasteiger partial charge in [0.15, 0.2) is 11.5 Å². The largest absolute Gasteiger partial charge is 0.490 e. The van der Waals surface area contributed by atoms with Crippen molar-refractivity contribution in [3.05, 3.63) is 59.7 Å². The molecule has 1 fully saturated rings. The van der Waals surface area contributed by atoms with Gasteiger partial charge in [0, 0.05) is 44.9 Å². The van der Waals surface area contributed by atoms with Gasteiger partial charge in [0.1, 0.15) is 0 Å². The van der Waals surface area contributed by atoms with E-state index < -0.39 is 0 Å². The lowest BCUT2D eigenvalue weighted by atomic mass is 10.1. The highest BCUT2D eigenvalue weighted by Gasteiger charge is 2.16. The van der Waals surface area contributed by atoms with Gasteiger partial charge in [0.2, 0.25) is 5.91 Å². The molecular formula is C25H30N2O3. The van der Waals surface area contributed by atoms with Gasteiger partial charge in [-0.15, -0.1) is 0 Å². The van der Waals surface area contributed by atoms with Crippen LogP contribution in [0.2, 0.25) is 0 Å². The van der Waals surface area contributed by atoms with Gasteiger partial charge in [-0.25, -0.2) is 0 Å². The summed E-state index contributed by atoms with van der Waals surface area (Å²) in [6.07, 6.45) is 8.12. The van der Waals surface area contributed by atoms with E-state index in [2.05, 4.69) is 29.2 Å². The number of nitrogens with zero attached hydrogens (tertiary/aromatic N) is 2. The van der Waals surface area contributed by atoms with Crippen LogP contribution in [0.1, 0.15) is 36.8 Å². The van der Waals surface area contributed by atoms with Gasteiger partial charge in [0.05, 0.1) is 13.2 Å². The molecule has 0 aliphatic carbocycles. The van der Waals surface area contributed by atoms with Crippen molar-refractivity contribution >= 4 is 17.7 Å². The van der Waals surface area contributed by atoms with E-state index in [9.17, 15) is 4.79 Å². The Morgan fingerprint density at radius 2 is 1.77 bits per heavy atom. The third-order valence-corrected chi connectivity index (χ3v) is 5.66. The minimum absolute atomic E-state index is 0.0180. The summed E-state index contributed by atoms with van der Waals surface area (Å²) in [5.74, 6) is 1.49. The highest BCUT2D eigenvalue weighted by Crippen LogP contribution is 2.31. The SMILES string of the molecule is CN(Cc1ccccc1N1CCCCC1)C(=O)C=Cc1ccc2c(c1)OCCCO2. The number of hydrogen-bond donors (Lipinski definition) is 0. The second-order valence-electron chi connectivity index (χ2n) is 7.96. The number of anilines is 1. The summed E-state index contributed by atoms with van der Waals surface area (Å²) in [6, 6.07) is 14.2. The predicted molar refractivity (Wildman–Crippen MR) is 120 cm³/mol. The van der Waals surface area contributed by atoms with Crippen LogP contribution in [-0.2, 0) is 11.3 Å². The molecule has 2 aliphatic rings. The highest BCUT2D eigenvalue weighted by atomic mass is 16.5. The molecule has 0 bridgehead atoms. The van der Waals surface area contributed by atoms with Crippen molar-refractivity contribution in [3.8, 4) is 11.5 Å². The van der Waals surface area contributed by atoms with Gasteiger partial charge in [0.25, 0.3) is 0 Å². The van der Waals surface area contributed by atoms with Crippen molar-refractivity contribution in [2.45, 2.75) is 32.2 Å². The second kappa shape index (κ2) is 9.70. The zero-order valence-electron chi connectivity index (χ0n) is 17.7. The number of ether oxygens (including phenoxy) is 2. The Labute approximate surface area is 178 Å². The fraction of sp³-hybridized carbons (Fsp3) is 0.400. The molecule has 4 rings (SSSR count). The number of para-hydroxylation sites is 1. The number of carbonyl (C=O) groups is 1. The first-order valence-corrected chi connectivity index (χ1v) is 10.9. The van der Waals surface area contributed by atoms with E-state index in [1.54, 1.807) is 11.0 Å². The molecule has 0 N–H and O–H groups in total. The number of likely N-dealkylation sites (N-methyl/N-ethyl adjacent to an activating group) is 1. The van der Waals surface area contributed by atoms with E-state index in [1.807, 2.05) is 31.3 Å². The molecule has 2 heterocycles. The number of rotatable bonds is 5. The molecular weight excluding hydrogens is 376 g/mol. The Bertz CT molecular complexity index is 903. The van der Waals surface area contributed by atoms with Gasteiger partial charge in [-0.1, -0.05) is 24.3 Å². The molecule has 0 radical (unpaired) electrons. The average molecular weight is 407 g/mol. The van der Waals surface area contributed by atoms with Crippen molar-refractivity contribution in [1.82, 2.24) is 4.90 Å². The molecule has 5 nitrogen and oxygen atoms in total. The van der Waals surface area contributed by atoms with E-state index in [4.69, 9.17) is 9.47 Å². The Hall–Kier alpha value is -2.95. The molecule has 0 aromatic heterocycles. The lowest BCUT2D eigenvalue weighted by Crippen LogP contribution is -2.31. The minimum Gasteiger partial charge on any atom is -0.490 e. The fourth-order valence-electron chi connectivity index (χ4n) is 4.00. The highest BCUT2D eigenvalue weighted by molar-refractivity contribution is 5.91. The van der Waals surface area contributed by atoms with Crippen LogP contribution in [0.5, 0.6) is 11.5 Å². The summed E-state index contributed by atoms with van der Waals surface area (Å²) in [6.45, 7) is 4.11. The van der Waals surface area contributed by atoms with Crippen molar-refractivity contribution in [2.24, 2.45) is 0 Å². The Balaban J connectivity index is 1.41. The van der Waals surface area contributed by atoms with E-state index in [0.29, 0.717) is 19.8 Å². The summed E-state index contributed by atoms with van der Waals surface area (Å²) in [7, 11) is 1.85. The smallest absolute Gasteiger partial charge is 0.246 e. The number of carbonyl (C=O) groups excluding carboxylic acids is 1. The van der Waals surface area contributed by atoms with Crippen LogP contribution in [0.15, 0.2) is 48.5 Å². The Kier molecular flexibility index (Phi) is 6.57. The standard InChI is InChI=1S/C25H30N2O3/c1-26(19-21-8-3-4-9-22(21)27-14-5-2-6-15-27)25(28)13-11-20-10-12-23-24(18-20)30-17-7-16-29-23/h3-4,8-13,18H,2,5-7,14-17,19H2,1H3. The lowest BCUT2D eigenvalue weighted by Gasteiger charge is -2.31. The van der Waals surface area contributed by atoms with Gasteiger partial charge in [-0.3, -0.25) is 4.79 Å². The molecule has 5 heteroatoms. The number of piperidine rings is 1. The summed E-state index contributed by atoms with van der Waals surface area (Å²) < 4.78 is 11.4. The molecule has 2 aromatic rings. The Morgan fingerprint density at radius 3 is 2.60 bits per heavy atom. The van der Waals surface area contributed by atoms with Crippen molar-refractivity contribution in [1.29, 1.82) is 0 Å². The lowest BCUT2D eigenvalue weighted by molar-refractivity contribution is -0.125. The van der Waals surface area contributed by atoms with Gasteiger partial charge < -0.3 is 19.3 Å².